The van der Waals surface area contributed by atoms with Crippen molar-refractivity contribution in [1.29, 1.82) is 5.26 Å². The fraction of sp³-hybridized carbons (Fsp3) is 0.467. The first kappa shape index (κ1) is 15.0. The van der Waals surface area contributed by atoms with Crippen molar-refractivity contribution < 1.29 is 9.53 Å². The zero-order valence-corrected chi connectivity index (χ0v) is 11.6. The second-order valence-corrected chi connectivity index (χ2v) is 4.68. The Labute approximate surface area is 114 Å². The van der Waals surface area contributed by atoms with E-state index in [0.717, 1.165) is 5.69 Å². The Morgan fingerprint density at radius 3 is 2.68 bits per heavy atom. The normalized spacial score (nSPS) is 11.7. The first-order valence-corrected chi connectivity index (χ1v) is 6.45. The minimum absolute atomic E-state index is 0.146. The van der Waals surface area contributed by atoms with Gasteiger partial charge in [0.2, 0.25) is 0 Å². The molecule has 0 heterocycles. The minimum Gasteiger partial charge on any atom is -0.463 e. The molecule has 0 saturated carbocycles. The number of anilines is 1. The maximum Gasteiger partial charge on any atom is 0.328 e. The van der Waals surface area contributed by atoms with Crippen molar-refractivity contribution in [1.82, 2.24) is 0 Å². The van der Waals surface area contributed by atoms with Crippen molar-refractivity contribution in [2.24, 2.45) is 0 Å². The van der Waals surface area contributed by atoms with Crippen molar-refractivity contribution in [3.8, 4) is 6.07 Å². The molecule has 0 unspecified atom stereocenters. The van der Waals surface area contributed by atoms with Crippen molar-refractivity contribution in [2.75, 3.05) is 11.9 Å². The monoisotopic (exact) mass is 260 g/mol. The molecule has 1 aromatic rings. The number of ether oxygens (including phenoxy) is 1. The lowest BCUT2D eigenvalue weighted by atomic mass is 10.0. The van der Waals surface area contributed by atoms with E-state index < -0.39 is 6.04 Å². The first-order chi connectivity index (χ1) is 9.06. The number of para-hydroxylation sites is 1. The molecular weight excluding hydrogens is 240 g/mol. The molecule has 1 rings (SSSR count). The van der Waals surface area contributed by atoms with Crippen LogP contribution in [0.1, 0.15) is 38.7 Å². The van der Waals surface area contributed by atoms with Crippen LogP contribution in [0.3, 0.4) is 0 Å². The molecule has 0 aliphatic carbocycles. The number of esters is 1. The van der Waals surface area contributed by atoms with E-state index in [9.17, 15) is 4.79 Å². The molecule has 0 amide bonds. The van der Waals surface area contributed by atoms with E-state index in [1.54, 1.807) is 6.92 Å². The van der Waals surface area contributed by atoms with Gasteiger partial charge in [0.25, 0.3) is 0 Å². The number of benzene rings is 1. The van der Waals surface area contributed by atoms with E-state index in [0.29, 0.717) is 5.92 Å². The molecule has 102 valence electrons. The Balaban J connectivity index is 2.64. The Hall–Kier alpha value is -2.02. The highest BCUT2D eigenvalue weighted by Crippen LogP contribution is 2.24. The molecule has 19 heavy (non-hydrogen) atoms. The van der Waals surface area contributed by atoms with Crippen molar-refractivity contribution in [3.05, 3.63) is 29.8 Å². The number of hydrogen-bond acceptors (Lipinski definition) is 4. The molecule has 0 spiro atoms. The smallest absolute Gasteiger partial charge is 0.328 e. The van der Waals surface area contributed by atoms with Crippen LogP contribution in [-0.2, 0) is 9.53 Å². The van der Waals surface area contributed by atoms with Crippen LogP contribution < -0.4 is 5.32 Å². The average molecular weight is 260 g/mol. The molecule has 0 aromatic heterocycles. The summed E-state index contributed by atoms with van der Waals surface area (Å²) in [4.78, 5) is 11.7. The summed E-state index contributed by atoms with van der Waals surface area (Å²) >= 11 is 0. The maximum absolute atomic E-state index is 11.7. The topological polar surface area (TPSA) is 62.1 Å². The summed E-state index contributed by atoms with van der Waals surface area (Å²) < 4.78 is 4.99. The largest absolute Gasteiger partial charge is 0.463 e. The van der Waals surface area contributed by atoms with E-state index >= 15 is 0 Å². The highest BCUT2D eigenvalue weighted by atomic mass is 16.5. The molecule has 4 nitrogen and oxygen atoms in total. The predicted molar refractivity (Wildman–Crippen MR) is 74.8 cm³/mol. The van der Waals surface area contributed by atoms with Crippen LogP contribution in [0.2, 0.25) is 0 Å². The second kappa shape index (κ2) is 7.42. The van der Waals surface area contributed by atoms with E-state index in [1.165, 1.54) is 5.56 Å². The molecular formula is C15H20N2O2. The lowest BCUT2D eigenvalue weighted by molar-refractivity contribution is -0.143. The fourth-order valence-electron chi connectivity index (χ4n) is 1.75. The Kier molecular flexibility index (Phi) is 5.87. The summed E-state index contributed by atoms with van der Waals surface area (Å²) in [5.41, 5.74) is 2.11. The highest BCUT2D eigenvalue weighted by molar-refractivity contribution is 5.79. The maximum atomic E-state index is 11.7. The van der Waals surface area contributed by atoms with Gasteiger partial charge in [0, 0.05) is 5.69 Å². The van der Waals surface area contributed by atoms with E-state index in [-0.39, 0.29) is 19.0 Å². The number of carbonyl (C=O) groups excluding carboxylic acids is 1. The summed E-state index contributed by atoms with van der Waals surface area (Å²) in [6, 6.07) is 9.42. The Bertz CT molecular complexity index is 463. The third-order valence-corrected chi connectivity index (χ3v) is 2.77. The third kappa shape index (κ3) is 4.63. The van der Waals surface area contributed by atoms with Gasteiger partial charge in [-0.15, -0.1) is 0 Å². The summed E-state index contributed by atoms with van der Waals surface area (Å²) in [5.74, 6) is 0.0410. The van der Waals surface area contributed by atoms with Gasteiger partial charge in [-0.1, -0.05) is 32.0 Å². The van der Waals surface area contributed by atoms with Gasteiger partial charge in [-0.2, -0.15) is 5.26 Å². The molecule has 0 aliphatic heterocycles. The Morgan fingerprint density at radius 2 is 2.05 bits per heavy atom. The molecule has 4 heteroatoms. The fourth-order valence-corrected chi connectivity index (χ4v) is 1.75. The molecule has 0 bridgehead atoms. The van der Waals surface area contributed by atoms with E-state index in [2.05, 4.69) is 19.2 Å². The van der Waals surface area contributed by atoms with Crippen molar-refractivity contribution in [2.45, 2.75) is 39.2 Å². The van der Waals surface area contributed by atoms with Crippen LogP contribution in [0.4, 0.5) is 5.69 Å². The van der Waals surface area contributed by atoms with Crippen LogP contribution in [0, 0.1) is 11.3 Å². The summed E-state index contributed by atoms with van der Waals surface area (Å²) in [6.07, 6.45) is 0.223. The molecule has 0 radical (unpaired) electrons. The van der Waals surface area contributed by atoms with E-state index in [4.69, 9.17) is 10.00 Å². The van der Waals surface area contributed by atoms with Gasteiger partial charge in [-0.05, 0) is 24.5 Å². The zero-order chi connectivity index (χ0) is 14.3. The second-order valence-electron chi connectivity index (χ2n) is 4.68. The van der Waals surface area contributed by atoms with Gasteiger partial charge in [0.15, 0.2) is 0 Å². The molecule has 0 saturated heterocycles. The lowest BCUT2D eigenvalue weighted by Gasteiger charge is -2.18. The van der Waals surface area contributed by atoms with Crippen LogP contribution in [-0.4, -0.2) is 18.6 Å². The van der Waals surface area contributed by atoms with Crippen LogP contribution in [0.5, 0.6) is 0 Å². The number of nitriles is 1. The number of nitrogens with one attached hydrogen (secondary N) is 1. The highest BCUT2D eigenvalue weighted by Gasteiger charge is 2.16. The van der Waals surface area contributed by atoms with Gasteiger partial charge in [0.1, 0.15) is 12.6 Å². The van der Waals surface area contributed by atoms with Crippen LogP contribution in [0.15, 0.2) is 24.3 Å². The number of rotatable bonds is 6. The zero-order valence-electron chi connectivity index (χ0n) is 11.6. The third-order valence-electron chi connectivity index (χ3n) is 2.77. The molecule has 0 aliphatic rings. The van der Waals surface area contributed by atoms with Crippen molar-refractivity contribution >= 4 is 11.7 Å². The van der Waals surface area contributed by atoms with Crippen LogP contribution >= 0.6 is 0 Å². The summed E-state index contributed by atoms with van der Waals surface area (Å²) in [5, 5.41) is 11.6. The summed E-state index contributed by atoms with van der Waals surface area (Å²) in [6.45, 7) is 6.12. The SMILES string of the molecule is CC(C)c1ccccc1N[C@@H](C)C(=O)OCCC#N. The van der Waals surface area contributed by atoms with Gasteiger partial charge >= 0.3 is 5.97 Å². The van der Waals surface area contributed by atoms with Gasteiger partial charge in [-0.25, -0.2) is 4.79 Å². The summed E-state index contributed by atoms with van der Waals surface area (Å²) in [7, 11) is 0. The molecule has 1 N–H and O–H groups in total. The van der Waals surface area contributed by atoms with Crippen molar-refractivity contribution in [3.63, 3.8) is 0 Å². The Morgan fingerprint density at radius 1 is 1.37 bits per heavy atom. The van der Waals surface area contributed by atoms with Gasteiger partial charge < -0.3 is 10.1 Å². The minimum atomic E-state index is -0.432. The van der Waals surface area contributed by atoms with Gasteiger partial charge in [-0.3, -0.25) is 0 Å². The average Bonchev–Trinajstić information content (AvgIpc) is 2.39. The van der Waals surface area contributed by atoms with E-state index in [1.807, 2.05) is 30.3 Å². The molecule has 1 aromatic carbocycles. The molecule has 0 fully saturated rings. The number of nitrogens with zero attached hydrogens (tertiary/aromatic N) is 1. The van der Waals surface area contributed by atoms with Gasteiger partial charge in [0.05, 0.1) is 12.5 Å². The quantitative estimate of drug-likeness (QED) is 0.630. The standard InChI is InChI=1S/C15H20N2O2/c1-11(2)13-7-4-5-8-14(13)17-12(3)15(18)19-10-6-9-16/h4-5,7-8,11-12,17H,6,10H2,1-3H3/t12-/m0/s1. The number of carbonyl (C=O) groups is 1. The first-order valence-electron chi connectivity index (χ1n) is 6.45. The van der Waals surface area contributed by atoms with Crippen LogP contribution in [0.25, 0.3) is 0 Å². The predicted octanol–water partition coefficient (Wildman–Crippen LogP) is 3.07. The lowest BCUT2D eigenvalue weighted by Crippen LogP contribution is -2.29. The number of hydrogen-bond donors (Lipinski definition) is 1. The molecule has 1 atom stereocenters.